The second-order valence-electron chi connectivity index (χ2n) is 12.5. The third-order valence-electron chi connectivity index (χ3n) is 8.48. The molecule has 58 heavy (non-hydrogen) atoms. The molecule has 0 bridgehead atoms. The van der Waals surface area contributed by atoms with Crippen LogP contribution in [0.15, 0.2) is 133 Å². The number of alkyl halides is 2. The van der Waals surface area contributed by atoms with Gasteiger partial charge in [-0.25, -0.2) is 13.6 Å². The van der Waals surface area contributed by atoms with Gasteiger partial charge in [0.2, 0.25) is 6.17 Å². The average Bonchev–Trinajstić information content (AvgIpc) is 3.22. The molecule has 0 aliphatic heterocycles. The molecule has 0 radical (unpaired) electrons. The Morgan fingerprint density at radius 2 is 0.793 bits per heavy atom. The number of benzene rings is 6. The van der Waals surface area contributed by atoms with E-state index in [-0.39, 0.29) is 54.8 Å². The van der Waals surface area contributed by atoms with Gasteiger partial charge in [-0.3, -0.25) is 4.79 Å². The number of hydrogen-bond donors (Lipinski definition) is 1. The van der Waals surface area contributed by atoms with E-state index in [1.807, 2.05) is 42.5 Å². The maximum atomic E-state index is 14.6. The third-order valence-corrected chi connectivity index (χ3v) is 9.96. The van der Waals surface area contributed by atoms with Gasteiger partial charge in [0.1, 0.15) is 26.4 Å². The normalized spacial score (nSPS) is 11.7. The fraction of sp³-hybridized carbons (Fsp3) is 0.156. The zero-order valence-corrected chi connectivity index (χ0v) is 33.9. The van der Waals surface area contributed by atoms with Gasteiger partial charge in [0, 0.05) is 53.5 Å². The van der Waals surface area contributed by atoms with Gasteiger partial charge >= 0.3 is 5.97 Å². The topological polar surface area (TPSA) is 91.3 Å². The number of carboxylic acid groups (broad SMARTS) is 1. The number of rotatable bonds is 16. The summed E-state index contributed by atoms with van der Waals surface area (Å²) in [7, 11) is 0. The molecule has 2 atom stereocenters. The Hall–Kier alpha value is -5.32. The van der Waals surface area contributed by atoms with Crippen molar-refractivity contribution in [2.24, 2.45) is 0 Å². The van der Waals surface area contributed by atoms with Crippen molar-refractivity contribution in [1.82, 2.24) is 0 Å². The van der Waals surface area contributed by atoms with Gasteiger partial charge in [0.15, 0.2) is 35.0 Å². The number of hydrogen-bond acceptors (Lipinski definition) is 6. The van der Waals surface area contributed by atoms with Crippen LogP contribution in [-0.4, -0.2) is 16.9 Å². The highest BCUT2D eigenvalue weighted by Gasteiger charge is 2.26. The fourth-order valence-corrected chi connectivity index (χ4v) is 6.19. The molecule has 0 spiro atoms. The highest BCUT2D eigenvalue weighted by molar-refractivity contribution is 6.32. The quantitative estimate of drug-likeness (QED) is 0.104. The Balaban J connectivity index is 0.000000221. The first kappa shape index (κ1) is 43.8. The first-order valence-electron chi connectivity index (χ1n) is 17.7. The minimum Gasteiger partial charge on any atom is -0.485 e. The van der Waals surface area contributed by atoms with Gasteiger partial charge in [0.25, 0.3) is 0 Å². The van der Waals surface area contributed by atoms with Crippen LogP contribution in [0.4, 0.5) is 8.78 Å². The lowest BCUT2D eigenvalue weighted by molar-refractivity contribution is -0.143. The molecule has 2 unspecified atom stereocenters. The Morgan fingerprint density at radius 1 is 0.483 bits per heavy atom. The van der Waals surface area contributed by atoms with E-state index in [2.05, 4.69) is 0 Å². The van der Waals surface area contributed by atoms with Crippen molar-refractivity contribution in [3.05, 3.63) is 187 Å². The molecule has 0 fully saturated rings. The number of ketones is 1. The zero-order valence-electron chi connectivity index (χ0n) is 30.8. The average molecular weight is 869 g/mol. The maximum absolute atomic E-state index is 14.6. The van der Waals surface area contributed by atoms with Crippen molar-refractivity contribution in [1.29, 1.82) is 0 Å². The van der Waals surface area contributed by atoms with Crippen LogP contribution in [0, 0.1) is 0 Å². The molecule has 0 amide bonds. The Labute approximate surface area is 354 Å². The third kappa shape index (κ3) is 11.9. The van der Waals surface area contributed by atoms with E-state index >= 15 is 0 Å². The van der Waals surface area contributed by atoms with Gasteiger partial charge in [-0.05, 0) is 43.3 Å². The summed E-state index contributed by atoms with van der Waals surface area (Å²) in [4.78, 5) is 22.9. The molecule has 0 aliphatic carbocycles. The van der Waals surface area contributed by atoms with Gasteiger partial charge in [-0.15, -0.1) is 0 Å². The van der Waals surface area contributed by atoms with Gasteiger partial charge < -0.3 is 24.1 Å². The van der Waals surface area contributed by atoms with Crippen LogP contribution in [-0.2, 0) is 36.0 Å². The molecule has 6 aromatic carbocycles. The van der Waals surface area contributed by atoms with Crippen LogP contribution in [0.1, 0.15) is 52.6 Å². The summed E-state index contributed by atoms with van der Waals surface area (Å²) in [5.41, 5.74) is 2.89. The van der Waals surface area contributed by atoms with E-state index in [1.165, 1.54) is 25.1 Å². The van der Waals surface area contributed by atoms with Crippen LogP contribution >= 0.6 is 46.4 Å². The van der Waals surface area contributed by atoms with Crippen LogP contribution in [0.25, 0.3) is 0 Å². The second kappa shape index (κ2) is 21.4. The number of para-hydroxylation sites is 2. The molecule has 6 rings (SSSR count). The van der Waals surface area contributed by atoms with Gasteiger partial charge in [0.05, 0.1) is 0 Å². The molecule has 300 valence electrons. The molecular weight excluding hydrogens is 832 g/mol. The zero-order chi connectivity index (χ0) is 41.6. The second-order valence-corrected chi connectivity index (χ2v) is 14.2. The standard InChI is InChI=1S/C23H19Cl2FO3.C22H17Cl2FO4/c1-15(27)22(26)18-9-6-12-21(28-13-16-7-2-4-10-19(16)24)23(18)29-14-17-8-3-5-11-20(17)25;23-17-9-3-1-6-14(17)12-28-19-11-5-8-16(20(25)22(26)27)21(19)29-13-15-7-2-4-10-18(15)24/h2-12,22H,13-14H2,1H3;1-11,20H,12-13H2,(H,26,27). The van der Waals surface area contributed by atoms with E-state index in [4.69, 9.17) is 70.5 Å². The summed E-state index contributed by atoms with van der Waals surface area (Å²) in [5.74, 6) is -1.53. The van der Waals surface area contributed by atoms with Gasteiger partial charge in [-0.1, -0.05) is 143 Å². The van der Waals surface area contributed by atoms with Crippen molar-refractivity contribution in [3.63, 3.8) is 0 Å². The highest BCUT2D eigenvalue weighted by atomic mass is 35.5. The predicted octanol–water partition coefficient (Wildman–Crippen LogP) is 13.0. The molecule has 0 saturated heterocycles. The summed E-state index contributed by atoms with van der Waals surface area (Å²) in [6.07, 6.45) is -4.08. The Kier molecular flexibility index (Phi) is 16.2. The summed E-state index contributed by atoms with van der Waals surface area (Å²) in [6, 6.07) is 37.9. The van der Waals surface area contributed by atoms with E-state index in [0.717, 1.165) is 16.7 Å². The summed E-state index contributed by atoms with van der Waals surface area (Å²) in [6.45, 7) is 1.59. The van der Waals surface area contributed by atoms with Crippen molar-refractivity contribution in [2.75, 3.05) is 0 Å². The minimum atomic E-state index is -2.26. The number of carboxylic acids is 1. The largest absolute Gasteiger partial charge is 0.485 e. The number of aliphatic carboxylic acids is 1. The fourth-order valence-electron chi connectivity index (χ4n) is 5.43. The minimum absolute atomic E-state index is 0.00868. The Morgan fingerprint density at radius 3 is 1.10 bits per heavy atom. The van der Waals surface area contributed by atoms with Crippen LogP contribution in [0.5, 0.6) is 23.0 Å². The molecule has 0 aromatic heterocycles. The van der Waals surface area contributed by atoms with Gasteiger partial charge in [-0.2, -0.15) is 0 Å². The number of Topliss-reactive ketones (excluding diaryl/α,β-unsaturated/α-hetero) is 1. The number of carbonyl (C=O) groups excluding carboxylic acids is 1. The van der Waals surface area contributed by atoms with Crippen molar-refractivity contribution < 1.29 is 42.4 Å². The van der Waals surface area contributed by atoms with Crippen molar-refractivity contribution >= 4 is 58.2 Å². The lowest BCUT2D eigenvalue weighted by Crippen LogP contribution is -2.10. The molecule has 0 aliphatic rings. The molecule has 6 aromatic rings. The smallest absolute Gasteiger partial charge is 0.343 e. The molecule has 7 nitrogen and oxygen atoms in total. The summed E-state index contributed by atoms with van der Waals surface area (Å²) in [5, 5.41) is 11.2. The van der Waals surface area contributed by atoms with Crippen molar-refractivity contribution in [2.45, 2.75) is 45.7 Å². The predicted molar refractivity (Wildman–Crippen MR) is 222 cm³/mol. The molecule has 0 heterocycles. The number of halogens is 6. The number of ether oxygens (including phenoxy) is 4. The van der Waals surface area contributed by atoms with Crippen molar-refractivity contribution in [3.8, 4) is 23.0 Å². The van der Waals surface area contributed by atoms with Crippen LogP contribution in [0.3, 0.4) is 0 Å². The van der Waals surface area contributed by atoms with E-state index in [0.29, 0.717) is 31.4 Å². The Bertz CT molecular complexity index is 2180. The summed E-state index contributed by atoms with van der Waals surface area (Å²) < 4.78 is 52.3. The van der Waals surface area contributed by atoms with Crippen LogP contribution < -0.4 is 18.9 Å². The number of carbonyl (C=O) groups is 2. The van der Waals surface area contributed by atoms with E-state index < -0.39 is 24.1 Å². The first-order chi connectivity index (χ1) is 27.9. The first-order valence-corrected chi connectivity index (χ1v) is 19.2. The molecule has 1 N–H and O–H groups in total. The monoisotopic (exact) mass is 866 g/mol. The lowest BCUT2D eigenvalue weighted by Gasteiger charge is -2.18. The highest BCUT2D eigenvalue weighted by Crippen LogP contribution is 2.40. The maximum Gasteiger partial charge on any atom is 0.343 e. The SMILES string of the molecule is CC(=O)C(F)c1cccc(OCc2ccccc2Cl)c1OCc1ccccc1Cl.O=C(O)C(F)c1cccc(OCc2ccccc2Cl)c1OCc1ccccc1Cl. The lowest BCUT2D eigenvalue weighted by atomic mass is 10.1. The molecular formula is C45H36Cl4F2O7. The molecule has 13 heteroatoms. The summed E-state index contributed by atoms with van der Waals surface area (Å²) >= 11 is 24.7. The molecule has 0 saturated carbocycles. The van der Waals surface area contributed by atoms with Crippen LogP contribution in [0.2, 0.25) is 20.1 Å². The van der Waals surface area contributed by atoms with E-state index in [1.54, 1.807) is 72.8 Å². The van der Waals surface area contributed by atoms with E-state index in [9.17, 15) is 18.4 Å².